The third kappa shape index (κ3) is 4.89. The number of ether oxygens (including phenoxy) is 3. The maximum absolute atomic E-state index is 13.1. The predicted octanol–water partition coefficient (Wildman–Crippen LogP) is 2.20. The average molecular weight is 374 g/mol. The second-order valence-electron chi connectivity index (χ2n) is 7.39. The molecule has 6 nitrogen and oxygen atoms in total. The van der Waals surface area contributed by atoms with Crippen LogP contribution in [0.4, 0.5) is 0 Å². The molecule has 1 amide bonds. The van der Waals surface area contributed by atoms with E-state index in [0.717, 1.165) is 19.6 Å². The van der Waals surface area contributed by atoms with Crippen LogP contribution in [0.1, 0.15) is 24.2 Å². The Kier molecular flexibility index (Phi) is 6.52. The van der Waals surface area contributed by atoms with Crippen LogP contribution < -0.4 is 4.74 Å². The lowest BCUT2D eigenvalue weighted by molar-refractivity contribution is -0.137. The minimum atomic E-state index is -0.475. The third-order valence-electron chi connectivity index (χ3n) is 5.25. The minimum Gasteiger partial charge on any atom is -0.497 e. The maximum atomic E-state index is 13.1. The number of amides is 1. The zero-order valence-corrected chi connectivity index (χ0v) is 16.6. The molecule has 1 spiro atoms. The molecular weight excluding hydrogens is 344 g/mol. The van der Waals surface area contributed by atoms with E-state index in [1.54, 1.807) is 13.2 Å². The molecule has 2 saturated heterocycles. The van der Waals surface area contributed by atoms with Crippen molar-refractivity contribution >= 4 is 5.91 Å². The molecule has 2 heterocycles. The van der Waals surface area contributed by atoms with E-state index in [9.17, 15) is 4.79 Å². The zero-order valence-electron chi connectivity index (χ0n) is 16.6. The number of methoxy groups -OCH3 is 1. The summed E-state index contributed by atoms with van der Waals surface area (Å²) in [5, 5.41) is 0. The molecule has 1 aromatic rings. The fraction of sp³-hybridized carbons (Fsp3) is 0.571. The molecule has 2 aliphatic heterocycles. The van der Waals surface area contributed by atoms with Crippen LogP contribution in [0.15, 0.2) is 35.9 Å². The SMILES string of the molecule is C/C=C(\C)CN1CCO[C@]2(COCCN(C(=O)c3cccc(OC)c3)C2)C1. The molecule has 0 bridgehead atoms. The Balaban J connectivity index is 1.75. The monoisotopic (exact) mass is 374 g/mol. The first kappa shape index (κ1) is 19.9. The number of hydrogen-bond acceptors (Lipinski definition) is 5. The molecule has 3 rings (SSSR count). The van der Waals surface area contributed by atoms with Gasteiger partial charge in [-0.2, -0.15) is 0 Å². The quantitative estimate of drug-likeness (QED) is 0.757. The van der Waals surface area contributed by atoms with Crippen LogP contribution in [-0.4, -0.2) is 81.0 Å². The molecule has 6 heteroatoms. The standard InChI is InChI=1S/C21H30N2O4/c1-4-17(2)13-22-8-11-27-21(14-22)15-23(9-10-26-16-21)20(24)18-6-5-7-19(12-18)25-3/h4-7,12H,8-11,13-16H2,1-3H3/b17-4+/t21-/m1/s1. The van der Waals surface area contributed by atoms with Crippen molar-refractivity contribution in [1.29, 1.82) is 0 Å². The highest BCUT2D eigenvalue weighted by Crippen LogP contribution is 2.25. The largest absolute Gasteiger partial charge is 0.497 e. The summed E-state index contributed by atoms with van der Waals surface area (Å²) in [6.45, 7) is 9.58. The van der Waals surface area contributed by atoms with E-state index in [1.807, 2.05) is 23.1 Å². The first-order valence-electron chi connectivity index (χ1n) is 9.54. The molecule has 2 aliphatic rings. The second-order valence-corrected chi connectivity index (χ2v) is 7.39. The van der Waals surface area contributed by atoms with Crippen LogP contribution in [0.3, 0.4) is 0 Å². The molecule has 148 valence electrons. The van der Waals surface area contributed by atoms with Crippen molar-refractivity contribution in [3.63, 3.8) is 0 Å². The minimum absolute atomic E-state index is 0.0101. The summed E-state index contributed by atoms with van der Waals surface area (Å²) in [6.07, 6.45) is 2.14. The molecule has 1 atom stereocenters. The molecule has 0 aromatic heterocycles. The van der Waals surface area contributed by atoms with Gasteiger partial charge in [0.1, 0.15) is 11.4 Å². The number of carbonyl (C=O) groups excluding carboxylic acids is 1. The highest BCUT2D eigenvalue weighted by Gasteiger charge is 2.41. The number of hydrogen-bond donors (Lipinski definition) is 0. The molecular formula is C21H30N2O4. The Morgan fingerprint density at radius 1 is 1.30 bits per heavy atom. The molecule has 27 heavy (non-hydrogen) atoms. The van der Waals surface area contributed by atoms with Gasteiger partial charge in [0.2, 0.25) is 0 Å². The third-order valence-corrected chi connectivity index (χ3v) is 5.25. The highest BCUT2D eigenvalue weighted by atomic mass is 16.5. The van der Waals surface area contributed by atoms with E-state index >= 15 is 0 Å². The van der Waals surface area contributed by atoms with E-state index in [2.05, 4.69) is 24.8 Å². The van der Waals surface area contributed by atoms with E-state index in [4.69, 9.17) is 14.2 Å². The molecule has 0 unspecified atom stereocenters. The van der Waals surface area contributed by atoms with Gasteiger partial charge in [0, 0.05) is 31.7 Å². The van der Waals surface area contributed by atoms with Crippen LogP contribution in [0.5, 0.6) is 5.75 Å². The van der Waals surface area contributed by atoms with Gasteiger partial charge in [0.25, 0.3) is 5.91 Å². The average Bonchev–Trinajstić information content (AvgIpc) is 2.89. The maximum Gasteiger partial charge on any atom is 0.254 e. The van der Waals surface area contributed by atoms with E-state index in [0.29, 0.717) is 44.2 Å². The Morgan fingerprint density at radius 2 is 2.15 bits per heavy atom. The molecule has 1 aromatic carbocycles. The summed E-state index contributed by atoms with van der Waals surface area (Å²) >= 11 is 0. The number of rotatable bonds is 4. The van der Waals surface area contributed by atoms with Gasteiger partial charge in [-0.05, 0) is 32.0 Å². The lowest BCUT2D eigenvalue weighted by Gasteiger charge is -2.43. The van der Waals surface area contributed by atoms with Crippen molar-refractivity contribution in [3.05, 3.63) is 41.5 Å². The zero-order chi connectivity index (χ0) is 19.3. The van der Waals surface area contributed by atoms with Gasteiger partial charge in [0.05, 0.1) is 33.5 Å². The topological polar surface area (TPSA) is 51.2 Å². The van der Waals surface area contributed by atoms with Gasteiger partial charge in [-0.3, -0.25) is 9.69 Å². The summed E-state index contributed by atoms with van der Waals surface area (Å²) in [6, 6.07) is 7.29. The lowest BCUT2D eigenvalue weighted by atomic mass is 10.0. The van der Waals surface area contributed by atoms with Crippen molar-refractivity contribution in [2.45, 2.75) is 19.4 Å². The Hall–Kier alpha value is -1.89. The van der Waals surface area contributed by atoms with Crippen molar-refractivity contribution in [1.82, 2.24) is 9.80 Å². The fourth-order valence-electron chi connectivity index (χ4n) is 3.70. The molecule has 0 saturated carbocycles. The Morgan fingerprint density at radius 3 is 2.93 bits per heavy atom. The van der Waals surface area contributed by atoms with Crippen LogP contribution in [0, 0.1) is 0 Å². The van der Waals surface area contributed by atoms with Gasteiger partial charge in [0.15, 0.2) is 0 Å². The number of carbonyl (C=O) groups is 1. The van der Waals surface area contributed by atoms with Gasteiger partial charge in [-0.25, -0.2) is 0 Å². The highest BCUT2D eigenvalue weighted by molar-refractivity contribution is 5.94. The summed E-state index contributed by atoms with van der Waals surface area (Å²) < 4.78 is 17.3. The molecule has 0 aliphatic carbocycles. The number of nitrogens with zero attached hydrogens (tertiary/aromatic N) is 2. The van der Waals surface area contributed by atoms with Crippen molar-refractivity contribution in [2.75, 3.05) is 59.7 Å². The van der Waals surface area contributed by atoms with Crippen molar-refractivity contribution in [3.8, 4) is 5.75 Å². The first-order chi connectivity index (χ1) is 13.0. The fourth-order valence-corrected chi connectivity index (χ4v) is 3.70. The number of benzene rings is 1. The van der Waals surface area contributed by atoms with Gasteiger partial charge < -0.3 is 19.1 Å². The molecule has 0 radical (unpaired) electrons. The van der Waals surface area contributed by atoms with Crippen LogP contribution in [0.25, 0.3) is 0 Å². The van der Waals surface area contributed by atoms with Crippen LogP contribution >= 0.6 is 0 Å². The summed E-state index contributed by atoms with van der Waals surface area (Å²) in [4.78, 5) is 17.3. The van der Waals surface area contributed by atoms with Gasteiger partial charge >= 0.3 is 0 Å². The van der Waals surface area contributed by atoms with Gasteiger partial charge in [-0.15, -0.1) is 0 Å². The second kappa shape index (κ2) is 8.87. The molecule has 2 fully saturated rings. The summed E-state index contributed by atoms with van der Waals surface area (Å²) in [5.41, 5.74) is 1.49. The number of allylic oxidation sites excluding steroid dienone is 1. The van der Waals surface area contributed by atoms with Crippen LogP contribution in [-0.2, 0) is 9.47 Å². The number of morpholine rings is 1. The first-order valence-corrected chi connectivity index (χ1v) is 9.54. The van der Waals surface area contributed by atoms with Crippen LogP contribution in [0.2, 0.25) is 0 Å². The normalized spacial score (nSPS) is 24.7. The van der Waals surface area contributed by atoms with E-state index in [-0.39, 0.29) is 5.91 Å². The van der Waals surface area contributed by atoms with Crippen molar-refractivity contribution < 1.29 is 19.0 Å². The Labute approximate surface area is 161 Å². The van der Waals surface area contributed by atoms with Gasteiger partial charge in [-0.1, -0.05) is 17.7 Å². The molecule has 0 N–H and O–H groups in total. The summed E-state index contributed by atoms with van der Waals surface area (Å²) in [7, 11) is 1.61. The van der Waals surface area contributed by atoms with Crippen molar-refractivity contribution in [2.24, 2.45) is 0 Å². The Bertz CT molecular complexity index is 691. The lowest BCUT2D eigenvalue weighted by Crippen LogP contribution is -2.59. The van der Waals surface area contributed by atoms with E-state index in [1.165, 1.54) is 5.57 Å². The summed E-state index contributed by atoms with van der Waals surface area (Å²) in [5.74, 6) is 0.674. The smallest absolute Gasteiger partial charge is 0.254 e. The predicted molar refractivity (Wildman–Crippen MR) is 104 cm³/mol. The van der Waals surface area contributed by atoms with E-state index < -0.39 is 5.60 Å².